The molecule has 0 amide bonds. The van der Waals surface area contributed by atoms with Crippen LogP contribution in [0.1, 0.15) is 13.8 Å². The molecule has 7 nitrogen and oxygen atoms in total. The number of ether oxygens (including phenoxy) is 4. The summed E-state index contributed by atoms with van der Waals surface area (Å²) in [6.45, 7) is 3.09. The second kappa shape index (κ2) is 7.01. The Labute approximate surface area is 110 Å². The first-order valence-electron chi connectivity index (χ1n) is 5.68. The van der Waals surface area contributed by atoms with E-state index in [4.69, 9.17) is 14.2 Å². The van der Waals surface area contributed by atoms with Gasteiger partial charge in [-0.25, -0.2) is 4.79 Å². The molecule has 19 heavy (non-hydrogen) atoms. The van der Waals surface area contributed by atoms with Crippen molar-refractivity contribution in [3.63, 3.8) is 0 Å². The summed E-state index contributed by atoms with van der Waals surface area (Å²) >= 11 is 0. The van der Waals surface area contributed by atoms with Crippen LogP contribution in [0.3, 0.4) is 0 Å². The van der Waals surface area contributed by atoms with E-state index in [9.17, 15) is 14.4 Å². The molecule has 1 fully saturated rings. The van der Waals surface area contributed by atoms with Crippen LogP contribution >= 0.6 is 0 Å². The van der Waals surface area contributed by atoms with Crippen LogP contribution in [0.5, 0.6) is 0 Å². The molecule has 106 valence electrons. The molecule has 0 aliphatic carbocycles. The largest absolute Gasteiger partial charge is 0.463 e. The van der Waals surface area contributed by atoms with E-state index in [-0.39, 0.29) is 6.61 Å². The van der Waals surface area contributed by atoms with Gasteiger partial charge in [-0.1, -0.05) is 0 Å². The second-order valence-electron chi connectivity index (χ2n) is 3.86. The molecular weight excluding hydrogens is 256 g/mol. The van der Waals surface area contributed by atoms with E-state index in [2.05, 4.69) is 4.74 Å². The molecule has 0 aromatic heterocycles. The number of esters is 2. The van der Waals surface area contributed by atoms with E-state index >= 15 is 0 Å². The van der Waals surface area contributed by atoms with Gasteiger partial charge in [0, 0.05) is 6.92 Å². The smallest absolute Gasteiger partial charge is 0.378 e. The van der Waals surface area contributed by atoms with Gasteiger partial charge in [0.15, 0.2) is 12.4 Å². The lowest BCUT2D eigenvalue weighted by Crippen LogP contribution is -2.44. The minimum atomic E-state index is -0.972. The van der Waals surface area contributed by atoms with Crippen LogP contribution in [0.15, 0.2) is 12.2 Å². The molecule has 1 aliphatic rings. The van der Waals surface area contributed by atoms with Crippen molar-refractivity contribution in [2.24, 2.45) is 0 Å². The van der Waals surface area contributed by atoms with Gasteiger partial charge in [0.2, 0.25) is 0 Å². The molecular formula is C12H16O7. The normalized spacial score (nSPS) is 27.0. The fourth-order valence-electron chi connectivity index (χ4n) is 1.51. The van der Waals surface area contributed by atoms with Crippen LogP contribution in [0.25, 0.3) is 0 Å². The number of carbonyl (C=O) groups is 3. The van der Waals surface area contributed by atoms with E-state index in [1.807, 2.05) is 0 Å². The molecule has 0 aromatic carbocycles. The van der Waals surface area contributed by atoms with Crippen LogP contribution < -0.4 is 0 Å². The lowest BCUT2D eigenvalue weighted by atomic mass is 10.1. The molecule has 0 aromatic rings. The molecule has 1 heterocycles. The quantitative estimate of drug-likeness (QED) is 0.403. The van der Waals surface area contributed by atoms with Gasteiger partial charge in [-0.15, -0.1) is 0 Å². The third-order valence-corrected chi connectivity index (χ3v) is 2.35. The summed E-state index contributed by atoms with van der Waals surface area (Å²) in [5, 5.41) is 0. The Balaban J connectivity index is 2.69. The maximum atomic E-state index is 11.3. The highest BCUT2D eigenvalue weighted by atomic mass is 16.7. The maximum Gasteiger partial charge on any atom is 0.378 e. The van der Waals surface area contributed by atoms with Crippen LogP contribution in [-0.2, 0) is 33.3 Å². The molecule has 1 aliphatic heterocycles. The minimum Gasteiger partial charge on any atom is -0.463 e. The number of rotatable bonds is 4. The number of carbonyl (C=O) groups excluding carboxylic acids is 3. The third-order valence-electron chi connectivity index (χ3n) is 2.35. The first-order chi connectivity index (χ1) is 8.93. The molecule has 3 atom stereocenters. The van der Waals surface area contributed by atoms with Gasteiger partial charge < -0.3 is 18.9 Å². The SMILES string of the molecule is COC(=O)C(=O)C=C[C@@H]1O[C@H](C)OC[C@H]1OC(C)=O. The van der Waals surface area contributed by atoms with Gasteiger partial charge >= 0.3 is 11.9 Å². The van der Waals surface area contributed by atoms with E-state index in [0.717, 1.165) is 13.2 Å². The third kappa shape index (κ3) is 4.80. The van der Waals surface area contributed by atoms with Crippen molar-refractivity contribution in [2.75, 3.05) is 13.7 Å². The van der Waals surface area contributed by atoms with Crippen molar-refractivity contribution >= 4 is 17.7 Å². The molecule has 7 heteroatoms. The number of hydrogen-bond donors (Lipinski definition) is 0. The zero-order valence-corrected chi connectivity index (χ0v) is 11.0. The average molecular weight is 272 g/mol. The highest BCUT2D eigenvalue weighted by molar-refractivity contribution is 6.38. The molecule has 0 saturated carbocycles. The molecule has 0 N–H and O–H groups in total. The van der Waals surface area contributed by atoms with Crippen molar-refractivity contribution in [2.45, 2.75) is 32.3 Å². The second-order valence-corrected chi connectivity index (χ2v) is 3.86. The Hall–Kier alpha value is -1.73. The Morgan fingerprint density at radius 2 is 2.00 bits per heavy atom. The molecule has 0 bridgehead atoms. The van der Waals surface area contributed by atoms with Crippen LogP contribution in [0.4, 0.5) is 0 Å². The summed E-state index contributed by atoms with van der Waals surface area (Å²) in [5.41, 5.74) is 0. The molecule has 0 spiro atoms. The van der Waals surface area contributed by atoms with Crippen molar-refractivity contribution < 1.29 is 33.3 Å². The standard InChI is InChI=1S/C12H16O7/c1-7(13)18-11-6-17-8(2)19-10(11)5-4-9(14)12(15)16-3/h4-5,8,10-11H,6H2,1-3H3/t8-,10+,11-/m1/s1. The summed E-state index contributed by atoms with van der Waals surface area (Å²) in [7, 11) is 1.11. The molecule has 1 saturated heterocycles. The fraction of sp³-hybridized carbons (Fsp3) is 0.583. The summed E-state index contributed by atoms with van der Waals surface area (Å²) in [6.07, 6.45) is 0.586. The predicted octanol–water partition coefficient (Wildman–Crippen LogP) is -0.0222. The summed E-state index contributed by atoms with van der Waals surface area (Å²) in [5.74, 6) is -2.27. The first kappa shape index (κ1) is 15.3. The topological polar surface area (TPSA) is 88.1 Å². The van der Waals surface area contributed by atoms with E-state index in [1.54, 1.807) is 6.92 Å². The van der Waals surface area contributed by atoms with Crippen molar-refractivity contribution in [3.8, 4) is 0 Å². The lowest BCUT2D eigenvalue weighted by molar-refractivity contribution is -0.238. The predicted molar refractivity (Wildman–Crippen MR) is 62.0 cm³/mol. The maximum absolute atomic E-state index is 11.3. The summed E-state index contributed by atoms with van der Waals surface area (Å²) in [4.78, 5) is 33.1. The fourth-order valence-corrected chi connectivity index (χ4v) is 1.51. The number of ketones is 1. The van der Waals surface area contributed by atoms with E-state index in [1.165, 1.54) is 13.0 Å². The van der Waals surface area contributed by atoms with Gasteiger partial charge in [0.25, 0.3) is 5.78 Å². The van der Waals surface area contributed by atoms with Crippen LogP contribution in [-0.4, -0.2) is 49.9 Å². The van der Waals surface area contributed by atoms with Crippen molar-refractivity contribution in [1.82, 2.24) is 0 Å². The van der Waals surface area contributed by atoms with Crippen LogP contribution in [0.2, 0.25) is 0 Å². The van der Waals surface area contributed by atoms with Crippen molar-refractivity contribution in [1.29, 1.82) is 0 Å². The van der Waals surface area contributed by atoms with Crippen molar-refractivity contribution in [3.05, 3.63) is 12.2 Å². The molecule has 0 unspecified atom stereocenters. The van der Waals surface area contributed by atoms with E-state index < -0.39 is 36.2 Å². The Bertz CT molecular complexity index is 388. The van der Waals surface area contributed by atoms with Gasteiger partial charge in [-0.3, -0.25) is 9.59 Å². The highest BCUT2D eigenvalue weighted by Crippen LogP contribution is 2.17. The number of methoxy groups -OCH3 is 1. The lowest BCUT2D eigenvalue weighted by Gasteiger charge is -2.32. The van der Waals surface area contributed by atoms with Gasteiger partial charge in [0.05, 0.1) is 13.7 Å². The first-order valence-corrected chi connectivity index (χ1v) is 5.68. The summed E-state index contributed by atoms with van der Waals surface area (Å²) in [6, 6.07) is 0. The Morgan fingerprint density at radius 3 is 2.58 bits per heavy atom. The monoisotopic (exact) mass is 272 g/mol. The number of hydrogen-bond acceptors (Lipinski definition) is 7. The summed E-state index contributed by atoms with van der Waals surface area (Å²) < 4.78 is 19.8. The zero-order valence-electron chi connectivity index (χ0n) is 11.0. The van der Waals surface area contributed by atoms with E-state index in [0.29, 0.717) is 0 Å². The molecule has 1 rings (SSSR count). The molecule has 0 radical (unpaired) electrons. The average Bonchev–Trinajstić information content (AvgIpc) is 2.37. The van der Waals surface area contributed by atoms with Gasteiger partial charge in [-0.05, 0) is 19.1 Å². The Kier molecular flexibility index (Phi) is 5.65. The van der Waals surface area contributed by atoms with Crippen LogP contribution in [0, 0.1) is 0 Å². The van der Waals surface area contributed by atoms with Gasteiger partial charge in [-0.2, -0.15) is 0 Å². The minimum absolute atomic E-state index is 0.155. The highest BCUT2D eigenvalue weighted by Gasteiger charge is 2.31. The zero-order chi connectivity index (χ0) is 14.4. The Morgan fingerprint density at radius 1 is 1.32 bits per heavy atom. The van der Waals surface area contributed by atoms with Gasteiger partial charge in [0.1, 0.15) is 6.10 Å².